The summed E-state index contributed by atoms with van der Waals surface area (Å²) in [6, 6.07) is 9.85. The van der Waals surface area contributed by atoms with Crippen molar-refractivity contribution in [1.29, 1.82) is 0 Å². The molecule has 0 N–H and O–H groups in total. The Morgan fingerprint density at radius 2 is 1.87 bits per heavy atom. The van der Waals surface area contributed by atoms with E-state index in [1.165, 1.54) is 7.11 Å². The van der Waals surface area contributed by atoms with Gasteiger partial charge in [-0.15, -0.1) is 0 Å². The van der Waals surface area contributed by atoms with Crippen LogP contribution < -0.4 is 0 Å². The summed E-state index contributed by atoms with van der Waals surface area (Å²) in [4.78, 5) is 25.6. The zero-order chi connectivity index (χ0) is 23.3. The summed E-state index contributed by atoms with van der Waals surface area (Å²) in [5.41, 5.74) is -0.273. The molecule has 0 bridgehead atoms. The van der Waals surface area contributed by atoms with Gasteiger partial charge < -0.3 is 18.6 Å². The molecule has 0 radical (unpaired) electrons. The lowest BCUT2D eigenvalue weighted by Crippen LogP contribution is -2.55. The number of esters is 1. The second-order valence-corrected chi connectivity index (χ2v) is 14.8. The fourth-order valence-electron chi connectivity index (χ4n) is 3.45. The number of rotatable bonds is 9. The van der Waals surface area contributed by atoms with Crippen molar-refractivity contribution in [1.82, 2.24) is 0 Å². The SMILES string of the molecule is COC(=O)[C@]1(C)C(=O)C[C@@H](COCc2ccccc2)O[C@H]1CCO[Si](C)(C)C(C)(C)C. The number of Topliss-reactive ketones (excluding diaryl/α,β-unsaturated/α-hetero) is 1. The molecular weight excluding hydrogens is 412 g/mol. The van der Waals surface area contributed by atoms with Gasteiger partial charge >= 0.3 is 5.97 Å². The van der Waals surface area contributed by atoms with Crippen LogP contribution in [0.15, 0.2) is 30.3 Å². The number of methoxy groups -OCH3 is 1. The van der Waals surface area contributed by atoms with Crippen molar-refractivity contribution < 1.29 is 28.2 Å². The smallest absolute Gasteiger partial charge is 0.321 e. The van der Waals surface area contributed by atoms with E-state index in [0.29, 0.717) is 19.6 Å². The van der Waals surface area contributed by atoms with Crippen molar-refractivity contribution in [3.8, 4) is 0 Å². The van der Waals surface area contributed by atoms with E-state index in [1.807, 2.05) is 30.3 Å². The number of ketones is 1. The van der Waals surface area contributed by atoms with Crippen molar-refractivity contribution in [3.63, 3.8) is 0 Å². The third kappa shape index (κ3) is 6.25. The fraction of sp³-hybridized carbons (Fsp3) is 0.667. The molecule has 3 atom stereocenters. The molecule has 0 unspecified atom stereocenters. The minimum Gasteiger partial charge on any atom is -0.468 e. The standard InChI is InChI=1S/C24H38O6Si/c1-23(2,3)31(6,7)29-14-13-21-24(4,22(26)27-5)20(25)15-19(30-21)17-28-16-18-11-9-8-10-12-18/h8-12,19,21H,13-17H2,1-7H3/t19-,21-,24+/m0/s1. The Kier molecular flexibility index (Phi) is 8.61. The highest BCUT2D eigenvalue weighted by atomic mass is 28.4. The molecule has 0 aliphatic carbocycles. The summed E-state index contributed by atoms with van der Waals surface area (Å²) in [6.07, 6.45) is -0.443. The van der Waals surface area contributed by atoms with Gasteiger partial charge in [-0.05, 0) is 37.0 Å². The van der Waals surface area contributed by atoms with E-state index in [9.17, 15) is 9.59 Å². The summed E-state index contributed by atoms with van der Waals surface area (Å²) in [5, 5.41) is 0.0791. The molecular formula is C24H38O6Si. The third-order valence-corrected chi connectivity index (χ3v) is 11.2. The first-order valence-electron chi connectivity index (χ1n) is 10.9. The summed E-state index contributed by atoms with van der Waals surface area (Å²) in [7, 11) is -0.640. The Bertz CT molecular complexity index is 742. The van der Waals surface area contributed by atoms with Crippen LogP contribution >= 0.6 is 0 Å². The number of hydrogen-bond acceptors (Lipinski definition) is 6. The number of carbonyl (C=O) groups excluding carboxylic acids is 2. The maximum absolute atomic E-state index is 13.0. The van der Waals surface area contributed by atoms with Gasteiger partial charge in [0.2, 0.25) is 0 Å². The van der Waals surface area contributed by atoms with E-state index in [2.05, 4.69) is 33.9 Å². The number of carbonyl (C=O) groups is 2. The van der Waals surface area contributed by atoms with Crippen molar-refractivity contribution in [2.45, 2.75) is 77.5 Å². The van der Waals surface area contributed by atoms with Gasteiger partial charge in [-0.1, -0.05) is 51.1 Å². The first-order valence-corrected chi connectivity index (χ1v) is 13.9. The Labute approximate surface area is 187 Å². The minimum atomic E-state index is -1.95. The van der Waals surface area contributed by atoms with E-state index in [-0.39, 0.29) is 23.8 Å². The van der Waals surface area contributed by atoms with Crippen LogP contribution in [0.2, 0.25) is 18.1 Å². The van der Waals surface area contributed by atoms with Crippen molar-refractivity contribution in [2.75, 3.05) is 20.3 Å². The summed E-state index contributed by atoms with van der Waals surface area (Å²) >= 11 is 0. The quantitative estimate of drug-likeness (QED) is 0.313. The van der Waals surface area contributed by atoms with E-state index in [4.69, 9.17) is 18.6 Å². The second kappa shape index (κ2) is 10.4. The third-order valence-electron chi connectivity index (χ3n) is 6.67. The molecule has 6 nitrogen and oxygen atoms in total. The molecule has 1 fully saturated rings. The minimum absolute atomic E-state index is 0.0791. The van der Waals surface area contributed by atoms with Crippen LogP contribution in [0.3, 0.4) is 0 Å². The molecule has 0 spiro atoms. The molecule has 7 heteroatoms. The molecule has 1 saturated heterocycles. The summed E-state index contributed by atoms with van der Waals surface area (Å²) in [5.74, 6) is -0.727. The van der Waals surface area contributed by atoms with E-state index in [0.717, 1.165) is 5.56 Å². The number of hydrogen-bond donors (Lipinski definition) is 0. The lowest BCUT2D eigenvalue weighted by molar-refractivity contribution is -0.188. The van der Waals surface area contributed by atoms with Crippen LogP contribution in [0.5, 0.6) is 0 Å². The van der Waals surface area contributed by atoms with E-state index in [1.54, 1.807) is 6.92 Å². The van der Waals surface area contributed by atoms with E-state index < -0.39 is 31.9 Å². The predicted octanol–water partition coefficient (Wildman–Crippen LogP) is 4.52. The van der Waals surface area contributed by atoms with Crippen LogP contribution in [0.25, 0.3) is 0 Å². The predicted molar refractivity (Wildman–Crippen MR) is 122 cm³/mol. The Morgan fingerprint density at radius 1 is 1.23 bits per heavy atom. The lowest BCUT2D eigenvalue weighted by Gasteiger charge is -2.42. The highest BCUT2D eigenvalue weighted by molar-refractivity contribution is 6.74. The molecule has 31 heavy (non-hydrogen) atoms. The van der Waals surface area contributed by atoms with Gasteiger partial charge in [-0.25, -0.2) is 0 Å². The monoisotopic (exact) mass is 450 g/mol. The molecule has 1 aromatic rings. The normalized spacial score (nSPS) is 24.8. The summed E-state index contributed by atoms with van der Waals surface area (Å²) in [6.45, 7) is 13.7. The Morgan fingerprint density at radius 3 is 2.45 bits per heavy atom. The van der Waals surface area contributed by atoms with E-state index >= 15 is 0 Å². The van der Waals surface area contributed by atoms with Crippen molar-refractivity contribution >= 4 is 20.1 Å². The van der Waals surface area contributed by atoms with Crippen LogP contribution in [-0.2, 0) is 34.8 Å². The molecule has 1 aliphatic heterocycles. The van der Waals surface area contributed by atoms with Crippen molar-refractivity contribution in [2.24, 2.45) is 5.41 Å². The van der Waals surface area contributed by atoms with Crippen LogP contribution in [0, 0.1) is 5.41 Å². The van der Waals surface area contributed by atoms with Gasteiger partial charge in [0.1, 0.15) is 5.41 Å². The fourth-order valence-corrected chi connectivity index (χ4v) is 4.51. The topological polar surface area (TPSA) is 71.1 Å². The molecule has 1 heterocycles. The van der Waals surface area contributed by atoms with Crippen LogP contribution in [0.4, 0.5) is 0 Å². The highest BCUT2D eigenvalue weighted by Gasteiger charge is 2.53. The molecule has 0 amide bonds. The molecule has 1 aromatic carbocycles. The average molecular weight is 451 g/mol. The molecule has 0 aromatic heterocycles. The zero-order valence-corrected chi connectivity index (χ0v) is 21.0. The Balaban J connectivity index is 2.04. The van der Waals surface area contributed by atoms with Gasteiger partial charge in [0, 0.05) is 13.0 Å². The zero-order valence-electron chi connectivity index (χ0n) is 20.0. The van der Waals surface area contributed by atoms with Gasteiger partial charge in [0.15, 0.2) is 14.1 Å². The largest absolute Gasteiger partial charge is 0.468 e. The maximum atomic E-state index is 13.0. The van der Waals surface area contributed by atoms with Crippen molar-refractivity contribution in [3.05, 3.63) is 35.9 Å². The second-order valence-electron chi connectivity index (χ2n) is 9.97. The molecule has 174 valence electrons. The number of ether oxygens (including phenoxy) is 3. The molecule has 2 rings (SSSR count). The lowest BCUT2D eigenvalue weighted by atomic mass is 9.74. The highest BCUT2D eigenvalue weighted by Crippen LogP contribution is 2.39. The van der Waals surface area contributed by atoms with Gasteiger partial charge in [0.25, 0.3) is 0 Å². The molecule has 1 aliphatic rings. The van der Waals surface area contributed by atoms with Gasteiger partial charge in [-0.3, -0.25) is 9.59 Å². The molecule has 0 saturated carbocycles. The van der Waals surface area contributed by atoms with Crippen LogP contribution in [-0.4, -0.2) is 52.6 Å². The van der Waals surface area contributed by atoms with Gasteiger partial charge in [-0.2, -0.15) is 0 Å². The van der Waals surface area contributed by atoms with Gasteiger partial charge in [0.05, 0.1) is 32.5 Å². The summed E-state index contributed by atoms with van der Waals surface area (Å²) < 4.78 is 23.3. The maximum Gasteiger partial charge on any atom is 0.321 e. The first-order chi connectivity index (χ1) is 14.4. The average Bonchev–Trinajstić information content (AvgIpc) is 2.70. The van der Waals surface area contributed by atoms with Crippen LogP contribution in [0.1, 0.15) is 46.1 Å². The first kappa shape index (κ1) is 25.7. The Hall–Kier alpha value is -1.54. The number of benzene rings is 1.